The zero-order valence-corrected chi connectivity index (χ0v) is 13.8. The van der Waals surface area contributed by atoms with Gasteiger partial charge in [0.15, 0.2) is 11.5 Å². The minimum atomic E-state index is -0.218. The highest BCUT2D eigenvalue weighted by Gasteiger charge is 2.12. The average molecular weight is 315 g/mol. The molecule has 23 heavy (non-hydrogen) atoms. The molecule has 0 heterocycles. The molecule has 0 aliphatic carbocycles. The summed E-state index contributed by atoms with van der Waals surface area (Å²) < 4.78 is 16.0. The largest absolute Gasteiger partial charge is 0.497 e. The van der Waals surface area contributed by atoms with E-state index in [1.807, 2.05) is 13.8 Å². The van der Waals surface area contributed by atoms with E-state index in [0.29, 0.717) is 22.7 Å². The normalized spacial score (nSPS) is 10.3. The summed E-state index contributed by atoms with van der Waals surface area (Å²) in [5.41, 5.74) is 1.19. The van der Waals surface area contributed by atoms with Gasteiger partial charge in [-0.05, 0) is 56.3 Å². The summed E-state index contributed by atoms with van der Waals surface area (Å²) >= 11 is 0. The molecular weight excluding hydrogens is 294 g/mol. The fourth-order valence-corrected chi connectivity index (χ4v) is 2.04. The maximum Gasteiger partial charge on any atom is 0.255 e. The lowest BCUT2D eigenvalue weighted by Gasteiger charge is -2.14. The summed E-state index contributed by atoms with van der Waals surface area (Å²) in [5, 5.41) is 2.83. The molecule has 0 spiro atoms. The maximum absolute atomic E-state index is 12.3. The summed E-state index contributed by atoms with van der Waals surface area (Å²) in [6, 6.07) is 12.2. The lowest BCUT2D eigenvalue weighted by atomic mass is 10.1. The first-order valence-electron chi connectivity index (χ1n) is 7.33. The van der Waals surface area contributed by atoms with E-state index in [9.17, 15) is 4.79 Å². The summed E-state index contributed by atoms with van der Waals surface area (Å²) in [7, 11) is 3.15. The van der Waals surface area contributed by atoms with Gasteiger partial charge in [-0.3, -0.25) is 4.79 Å². The number of anilines is 1. The minimum Gasteiger partial charge on any atom is -0.497 e. The zero-order chi connectivity index (χ0) is 16.8. The Kier molecular flexibility index (Phi) is 5.46. The standard InChI is InChI=1S/C18H21NO4/c1-12(2)23-16-10-5-13(11-17(16)22-4)18(20)19-14-6-8-15(21-3)9-7-14/h5-12H,1-4H3,(H,19,20). The van der Waals surface area contributed by atoms with Gasteiger partial charge in [0.05, 0.1) is 20.3 Å². The van der Waals surface area contributed by atoms with Crippen LogP contribution in [0.5, 0.6) is 17.2 Å². The van der Waals surface area contributed by atoms with E-state index in [-0.39, 0.29) is 12.0 Å². The van der Waals surface area contributed by atoms with E-state index in [2.05, 4.69) is 5.32 Å². The second-order valence-electron chi connectivity index (χ2n) is 5.21. The SMILES string of the molecule is COc1ccc(NC(=O)c2ccc(OC(C)C)c(OC)c2)cc1. The summed E-state index contributed by atoms with van der Waals surface area (Å²) in [6.07, 6.45) is 0.0304. The van der Waals surface area contributed by atoms with E-state index in [0.717, 1.165) is 5.75 Å². The molecule has 0 unspecified atom stereocenters. The van der Waals surface area contributed by atoms with Crippen molar-refractivity contribution in [1.29, 1.82) is 0 Å². The number of carbonyl (C=O) groups excluding carboxylic acids is 1. The molecule has 0 fully saturated rings. The molecule has 0 aliphatic heterocycles. The molecule has 1 N–H and O–H groups in total. The first-order valence-corrected chi connectivity index (χ1v) is 7.33. The lowest BCUT2D eigenvalue weighted by molar-refractivity contribution is 0.102. The number of ether oxygens (including phenoxy) is 3. The van der Waals surface area contributed by atoms with Crippen LogP contribution in [0.4, 0.5) is 5.69 Å². The highest BCUT2D eigenvalue weighted by Crippen LogP contribution is 2.29. The van der Waals surface area contributed by atoms with Crippen LogP contribution in [0.15, 0.2) is 42.5 Å². The van der Waals surface area contributed by atoms with Crippen LogP contribution in [0.3, 0.4) is 0 Å². The van der Waals surface area contributed by atoms with Crippen LogP contribution in [0.2, 0.25) is 0 Å². The Labute approximate surface area is 136 Å². The van der Waals surface area contributed by atoms with Crippen molar-refractivity contribution >= 4 is 11.6 Å². The van der Waals surface area contributed by atoms with Crippen molar-refractivity contribution in [3.63, 3.8) is 0 Å². The third-order valence-electron chi connectivity index (χ3n) is 3.14. The second-order valence-corrected chi connectivity index (χ2v) is 5.21. The predicted octanol–water partition coefficient (Wildman–Crippen LogP) is 3.74. The quantitative estimate of drug-likeness (QED) is 0.882. The number of hydrogen-bond acceptors (Lipinski definition) is 4. The summed E-state index contributed by atoms with van der Waals surface area (Å²) in [4.78, 5) is 12.3. The molecule has 0 radical (unpaired) electrons. The van der Waals surface area contributed by atoms with Crippen molar-refractivity contribution in [1.82, 2.24) is 0 Å². The van der Waals surface area contributed by atoms with E-state index in [1.165, 1.54) is 0 Å². The maximum atomic E-state index is 12.3. The molecule has 0 saturated carbocycles. The Balaban J connectivity index is 2.15. The monoisotopic (exact) mass is 315 g/mol. The molecule has 122 valence electrons. The Hall–Kier alpha value is -2.69. The van der Waals surface area contributed by atoms with E-state index in [1.54, 1.807) is 56.7 Å². The molecule has 0 atom stereocenters. The van der Waals surface area contributed by atoms with Gasteiger partial charge in [-0.2, -0.15) is 0 Å². The van der Waals surface area contributed by atoms with Crippen LogP contribution >= 0.6 is 0 Å². The van der Waals surface area contributed by atoms with E-state index >= 15 is 0 Å². The number of methoxy groups -OCH3 is 2. The lowest BCUT2D eigenvalue weighted by Crippen LogP contribution is -2.12. The molecule has 5 heteroatoms. The molecular formula is C18H21NO4. The number of nitrogens with one attached hydrogen (secondary N) is 1. The number of amides is 1. The molecule has 0 bridgehead atoms. The van der Waals surface area contributed by atoms with Crippen LogP contribution in [0.25, 0.3) is 0 Å². The van der Waals surface area contributed by atoms with Gasteiger partial charge in [0.25, 0.3) is 5.91 Å². The molecule has 2 rings (SSSR count). The van der Waals surface area contributed by atoms with Gasteiger partial charge in [0.1, 0.15) is 5.75 Å². The molecule has 0 aliphatic rings. The number of carbonyl (C=O) groups is 1. The fourth-order valence-electron chi connectivity index (χ4n) is 2.04. The Bertz CT molecular complexity index is 665. The van der Waals surface area contributed by atoms with Crippen molar-refractivity contribution in [3.8, 4) is 17.2 Å². The summed E-state index contributed by atoms with van der Waals surface area (Å²) in [6.45, 7) is 3.87. The average Bonchev–Trinajstić information content (AvgIpc) is 2.55. The van der Waals surface area contributed by atoms with Crippen molar-refractivity contribution in [2.75, 3.05) is 19.5 Å². The highest BCUT2D eigenvalue weighted by atomic mass is 16.5. The Morgan fingerprint density at radius 1 is 0.957 bits per heavy atom. The molecule has 0 saturated heterocycles. The van der Waals surface area contributed by atoms with Crippen molar-refractivity contribution in [3.05, 3.63) is 48.0 Å². The first kappa shape index (κ1) is 16.7. The van der Waals surface area contributed by atoms with Crippen molar-refractivity contribution in [2.45, 2.75) is 20.0 Å². The third-order valence-corrected chi connectivity index (χ3v) is 3.14. The molecule has 2 aromatic rings. The Morgan fingerprint density at radius 3 is 2.22 bits per heavy atom. The van der Waals surface area contributed by atoms with E-state index < -0.39 is 0 Å². The summed E-state index contributed by atoms with van der Waals surface area (Å²) in [5.74, 6) is 1.66. The van der Waals surface area contributed by atoms with Gasteiger partial charge in [-0.25, -0.2) is 0 Å². The highest BCUT2D eigenvalue weighted by molar-refractivity contribution is 6.04. The van der Waals surface area contributed by atoms with Crippen molar-refractivity contribution in [2.24, 2.45) is 0 Å². The number of hydrogen-bond donors (Lipinski definition) is 1. The molecule has 5 nitrogen and oxygen atoms in total. The minimum absolute atomic E-state index is 0.0304. The smallest absolute Gasteiger partial charge is 0.255 e. The van der Waals surface area contributed by atoms with Gasteiger partial charge in [0.2, 0.25) is 0 Å². The van der Waals surface area contributed by atoms with Gasteiger partial charge in [-0.15, -0.1) is 0 Å². The fraction of sp³-hybridized carbons (Fsp3) is 0.278. The van der Waals surface area contributed by atoms with Crippen LogP contribution in [0.1, 0.15) is 24.2 Å². The van der Waals surface area contributed by atoms with Gasteiger partial charge in [0, 0.05) is 11.3 Å². The Morgan fingerprint density at radius 2 is 1.65 bits per heavy atom. The third kappa shape index (κ3) is 4.39. The number of rotatable bonds is 6. The van der Waals surface area contributed by atoms with E-state index in [4.69, 9.17) is 14.2 Å². The molecule has 2 aromatic carbocycles. The number of benzene rings is 2. The molecule has 0 aromatic heterocycles. The van der Waals surface area contributed by atoms with Crippen LogP contribution in [-0.4, -0.2) is 26.2 Å². The van der Waals surface area contributed by atoms with Gasteiger partial charge < -0.3 is 19.5 Å². The van der Waals surface area contributed by atoms with Crippen LogP contribution in [-0.2, 0) is 0 Å². The van der Waals surface area contributed by atoms with Crippen LogP contribution in [0, 0.1) is 0 Å². The second kappa shape index (κ2) is 7.54. The first-order chi connectivity index (χ1) is 11.0. The topological polar surface area (TPSA) is 56.8 Å². The molecule has 1 amide bonds. The zero-order valence-electron chi connectivity index (χ0n) is 13.8. The van der Waals surface area contributed by atoms with Crippen molar-refractivity contribution < 1.29 is 19.0 Å². The van der Waals surface area contributed by atoms with Gasteiger partial charge >= 0.3 is 0 Å². The predicted molar refractivity (Wildman–Crippen MR) is 89.7 cm³/mol. The van der Waals surface area contributed by atoms with Crippen LogP contribution < -0.4 is 19.5 Å². The van der Waals surface area contributed by atoms with Gasteiger partial charge in [-0.1, -0.05) is 0 Å².